The maximum Gasteiger partial charge on any atom is 0.322 e. The maximum atomic E-state index is 13.0. The Hall–Kier alpha value is -4.19. The van der Waals surface area contributed by atoms with Crippen molar-refractivity contribution in [2.45, 2.75) is 31.7 Å². The van der Waals surface area contributed by atoms with E-state index in [0.717, 1.165) is 16.5 Å². The molecular weight excluding hydrogens is 534 g/mol. The first-order valence-corrected chi connectivity index (χ1v) is 14.1. The minimum absolute atomic E-state index is 0.0372. The van der Waals surface area contributed by atoms with E-state index in [-0.39, 0.29) is 10.7 Å². The topological polar surface area (TPSA) is 161 Å². The van der Waals surface area contributed by atoms with Crippen molar-refractivity contribution < 1.29 is 32.3 Å². The number of ether oxygens (including phenoxy) is 1. The predicted molar refractivity (Wildman–Crippen MR) is 152 cm³/mol. The van der Waals surface area contributed by atoms with Crippen molar-refractivity contribution in [1.82, 2.24) is 4.72 Å². The predicted octanol–water partition coefficient (Wildman–Crippen LogP) is 4.39. The number of aliphatic carboxylic acids is 1. The summed E-state index contributed by atoms with van der Waals surface area (Å²) >= 11 is 0. The van der Waals surface area contributed by atoms with Crippen LogP contribution in [0.4, 0.5) is 5.69 Å². The lowest BCUT2D eigenvalue weighted by molar-refractivity contribution is -0.140. The van der Waals surface area contributed by atoms with E-state index in [2.05, 4.69) is 10.0 Å². The van der Waals surface area contributed by atoms with Gasteiger partial charge in [-0.2, -0.15) is 4.72 Å². The Bertz CT molecular complexity index is 1630. The minimum atomic E-state index is -4.02. The molecule has 0 aliphatic carbocycles. The van der Waals surface area contributed by atoms with Crippen LogP contribution < -0.4 is 20.5 Å². The van der Waals surface area contributed by atoms with Crippen LogP contribution in [-0.4, -0.2) is 44.6 Å². The van der Waals surface area contributed by atoms with E-state index in [1.165, 1.54) is 12.1 Å². The van der Waals surface area contributed by atoms with Crippen molar-refractivity contribution in [3.8, 4) is 16.9 Å². The molecule has 0 saturated carbocycles. The summed E-state index contributed by atoms with van der Waals surface area (Å²) in [6.45, 7) is 5.76. The van der Waals surface area contributed by atoms with Gasteiger partial charge in [0.25, 0.3) is 5.91 Å². The number of nitrogens with one attached hydrogen (secondary N) is 2. The van der Waals surface area contributed by atoms with Crippen molar-refractivity contribution in [3.63, 3.8) is 0 Å². The zero-order valence-electron chi connectivity index (χ0n) is 22.3. The van der Waals surface area contributed by atoms with Crippen molar-refractivity contribution in [3.05, 3.63) is 78.1 Å². The molecule has 0 fully saturated rings. The smallest absolute Gasteiger partial charge is 0.322 e. The molecule has 5 N–H and O–H groups in total. The number of amides is 1. The molecule has 11 heteroatoms. The average molecular weight is 566 g/mol. The number of anilines is 1. The standard InChI is InChI=1S/C29H31N3O7S/c1-17(2)26(29(34)35)32-40(36,37)22-13-9-20(10-14-22)19-7-11-21(12-8-19)31-28(33)27-18(3)25-23(38-16-15-30)5-4-6-24(25)39-27/h4-14,17,26,32H,15-16,30H2,1-3H3,(H,31,33)(H,34,35). The molecule has 3 aromatic carbocycles. The van der Waals surface area contributed by atoms with Crippen LogP contribution in [0.3, 0.4) is 0 Å². The summed E-state index contributed by atoms with van der Waals surface area (Å²) in [5, 5.41) is 12.9. The van der Waals surface area contributed by atoms with Gasteiger partial charge < -0.3 is 25.3 Å². The highest BCUT2D eigenvalue weighted by atomic mass is 32.2. The molecule has 0 spiro atoms. The molecule has 4 aromatic rings. The third-order valence-electron chi connectivity index (χ3n) is 6.35. The molecule has 0 radical (unpaired) electrons. The van der Waals surface area contributed by atoms with Gasteiger partial charge in [0.1, 0.15) is 24.0 Å². The summed E-state index contributed by atoms with van der Waals surface area (Å²) in [7, 11) is -4.02. The van der Waals surface area contributed by atoms with Gasteiger partial charge in [-0.3, -0.25) is 9.59 Å². The molecule has 4 rings (SSSR count). The molecule has 1 amide bonds. The second-order valence-corrected chi connectivity index (χ2v) is 11.3. The molecule has 0 aliphatic heterocycles. The first kappa shape index (κ1) is 28.8. The largest absolute Gasteiger partial charge is 0.491 e. The summed E-state index contributed by atoms with van der Waals surface area (Å²) in [6, 6.07) is 17.3. The van der Waals surface area contributed by atoms with Crippen LogP contribution in [0.2, 0.25) is 0 Å². The molecular formula is C29H31N3O7S. The molecule has 210 valence electrons. The molecule has 1 atom stereocenters. The zero-order valence-corrected chi connectivity index (χ0v) is 23.1. The molecule has 1 aromatic heterocycles. The normalized spacial score (nSPS) is 12.4. The number of benzene rings is 3. The Balaban J connectivity index is 1.48. The number of furan rings is 1. The van der Waals surface area contributed by atoms with E-state index < -0.39 is 33.9 Å². The molecule has 0 saturated heterocycles. The van der Waals surface area contributed by atoms with Gasteiger partial charge in [0.2, 0.25) is 10.0 Å². The number of nitrogens with two attached hydrogens (primary N) is 1. The Labute approximate surface area is 232 Å². The molecule has 40 heavy (non-hydrogen) atoms. The summed E-state index contributed by atoms with van der Waals surface area (Å²) < 4.78 is 39.1. The first-order chi connectivity index (χ1) is 19.0. The minimum Gasteiger partial charge on any atom is -0.491 e. The van der Waals surface area contributed by atoms with Crippen LogP contribution in [0.1, 0.15) is 30.0 Å². The second kappa shape index (κ2) is 11.9. The molecule has 0 bridgehead atoms. The Morgan fingerprint density at radius 3 is 2.20 bits per heavy atom. The molecule has 1 heterocycles. The van der Waals surface area contributed by atoms with Gasteiger partial charge in [-0.1, -0.05) is 44.2 Å². The highest BCUT2D eigenvalue weighted by Gasteiger charge is 2.28. The maximum absolute atomic E-state index is 13.0. The SMILES string of the molecule is Cc1c(C(=O)Nc2ccc(-c3ccc(S(=O)(=O)NC(C(=O)O)C(C)C)cc3)cc2)oc2cccc(OCCN)c12. The fourth-order valence-electron chi connectivity index (χ4n) is 4.24. The summed E-state index contributed by atoms with van der Waals surface area (Å²) in [5.74, 6) is -1.29. The number of rotatable bonds is 11. The van der Waals surface area contributed by atoms with E-state index in [0.29, 0.717) is 35.7 Å². The third kappa shape index (κ3) is 6.17. The fourth-order valence-corrected chi connectivity index (χ4v) is 5.58. The lowest BCUT2D eigenvalue weighted by Crippen LogP contribution is -2.44. The molecule has 10 nitrogen and oxygen atoms in total. The number of carboxylic acids is 1. The second-order valence-electron chi connectivity index (χ2n) is 9.56. The van der Waals surface area contributed by atoms with Gasteiger partial charge in [-0.25, -0.2) is 8.42 Å². The van der Waals surface area contributed by atoms with E-state index >= 15 is 0 Å². The van der Waals surface area contributed by atoms with E-state index in [1.54, 1.807) is 75.4 Å². The number of carboxylic acid groups (broad SMARTS) is 1. The number of carbonyl (C=O) groups excluding carboxylic acids is 1. The quantitative estimate of drug-likeness (QED) is 0.208. The van der Waals surface area contributed by atoms with Crippen LogP contribution in [-0.2, 0) is 14.8 Å². The summed E-state index contributed by atoms with van der Waals surface area (Å²) in [6.07, 6.45) is 0. The fraction of sp³-hybridized carbons (Fsp3) is 0.241. The van der Waals surface area contributed by atoms with Crippen LogP contribution in [0, 0.1) is 12.8 Å². The van der Waals surface area contributed by atoms with Crippen LogP contribution in [0.5, 0.6) is 5.75 Å². The summed E-state index contributed by atoms with van der Waals surface area (Å²) in [5.41, 5.74) is 8.82. The van der Waals surface area contributed by atoms with Crippen LogP contribution >= 0.6 is 0 Å². The van der Waals surface area contributed by atoms with E-state index in [4.69, 9.17) is 14.9 Å². The Morgan fingerprint density at radius 2 is 1.62 bits per heavy atom. The number of fused-ring (bicyclic) bond motifs is 1. The number of carbonyl (C=O) groups is 2. The van der Waals surface area contributed by atoms with Gasteiger partial charge in [-0.15, -0.1) is 0 Å². The van der Waals surface area contributed by atoms with Gasteiger partial charge in [-0.05, 0) is 60.4 Å². The van der Waals surface area contributed by atoms with Crippen molar-refractivity contribution in [2.75, 3.05) is 18.5 Å². The monoisotopic (exact) mass is 565 g/mol. The highest BCUT2D eigenvalue weighted by Crippen LogP contribution is 2.33. The average Bonchev–Trinajstić information content (AvgIpc) is 3.28. The number of sulfonamides is 1. The van der Waals surface area contributed by atoms with E-state index in [1.807, 2.05) is 0 Å². The van der Waals surface area contributed by atoms with Gasteiger partial charge in [0.05, 0.1) is 10.3 Å². The first-order valence-electron chi connectivity index (χ1n) is 12.6. The number of aryl methyl sites for hydroxylation is 1. The zero-order chi connectivity index (χ0) is 29.0. The van der Waals surface area contributed by atoms with Crippen LogP contribution in [0.25, 0.3) is 22.1 Å². The highest BCUT2D eigenvalue weighted by molar-refractivity contribution is 7.89. The van der Waals surface area contributed by atoms with Crippen molar-refractivity contribution >= 4 is 38.6 Å². The van der Waals surface area contributed by atoms with Gasteiger partial charge in [0, 0.05) is 17.8 Å². The van der Waals surface area contributed by atoms with Crippen LogP contribution in [0.15, 0.2) is 76.0 Å². The number of hydrogen-bond acceptors (Lipinski definition) is 7. The lowest BCUT2D eigenvalue weighted by Gasteiger charge is -2.18. The van der Waals surface area contributed by atoms with Crippen molar-refractivity contribution in [2.24, 2.45) is 11.7 Å². The summed E-state index contributed by atoms with van der Waals surface area (Å²) in [4.78, 5) is 24.4. The molecule has 1 unspecified atom stereocenters. The Kier molecular flexibility index (Phi) is 8.58. The number of hydrogen-bond donors (Lipinski definition) is 4. The van der Waals surface area contributed by atoms with Crippen molar-refractivity contribution in [1.29, 1.82) is 0 Å². The van der Waals surface area contributed by atoms with Gasteiger partial charge >= 0.3 is 5.97 Å². The third-order valence-corrected chi connectivity index (χ3v) is 7.81. The molecule has 0 aliphatic rings. The Morgan fingerprint density at radius 1 is 1.00 bits per heavy atom. The lowest BCUT2D eigenvalue weighted by atomic mass is 10.1. The van der Waals surface area contributed by atoms with Gasteiger partial charge in [0.15, 0.2) is 5.76 Å². The van der Waals surface area contributed by atoms with E-state index in [9.17, 15) is 23.1 Å².